The molecule has 2 rings (SSSR count). The molecule has 0 heterocycles. The van der Waals surface area contributed by atoms with Gasteiger partial charge in [-0.1, -0.05) is 17.8 Å². The molecule has 132 valence electrons. The van der Waals surface area contributed by atoms with Crippen LogP contribution in [0.15, 0.2) is 52.3 Å². The van der Waals surface area contributed by atoms with E-state index in [4.69, 9.17) is 16.9 Å². The lowest BCUT2D eigenvalue weighted by Gasteiger charge is -2.15. The molecule has 0 saturated heterocycles. The van der Waals surface area contributed by atoms with Gasteiger partial charge in [0.2, 0.25) is 0 Å². The summed E-state index contributed by atoms with van der Waals surface area (Å²) in [6.45, 7) is 0.161. The van der Waals surface area contributed by atoms with Crippen molar-refractivity contribution >= 4 is 29.1 Å². The predicted octanol–water partition coefficient (Wildman–Crippen LogP) is 4.74. The summed E-state index contributed by atoms with van der Waals surface area (Å²) in [6.07, 6.45) is -5.19. The highest BCUT2D eigenvalue weighted by molar-refractivity contribution is 7.99. The molecule has 2 aromatic carbocycles. The van der Waals surface area contributed by atoms with E-state index in [2.05, 4.69) is 5.32 Å². The molecule has 2 N–H and O–H groups in total. The van der Waals surface area contributed by atoms with Crippen molar-refractivity contribution in [3.8, 4) is 6.07 Å². The Hall–Kier alpha value is -1.88. The van der Waals surface area contributed by atoms with Crippen molar-refractivity contribution in [3.05, 3.63) is 53.6 Å². The van der Waals surface area contributed by atoms with Crippen LogP contribution in [0.1, 0.15) is 11.1 Å². The Morgan fingerprint density at radius 3 is 2.64 bits per heavy atom. The Bertz CT molecular complexity index is 777. The minimum atomic E-state index is -4.41. The Labute approximate surface area is 152 Å². The molecule has 0 aliphatic carbocycles. The number of hydrogen-bond acceptors (Lipinski definition) is 4. The van der Waals surface area contributed by atoms with Crippen molar-refractivity contribution in [1.29, 1.82) is 5.26 Å². The molecule has 0 aromatic heterocycles. The first-order chi connectivity index (χ1) is 11.8. The molecule has 0 radical (unpaired) electrons. The van der Waals surface area contributed by atoms with Crippen LogP contribution in [0, 0.1) is 11.3 Å². The molecule has 25 heavy (non-hydrogen) atoms. The number of aliphatic hydroxyl groups excluding tert-OH is 1. The summed E-state index contributed by atoms with van der Waals surface area (Å²) in [5.41, 5.74) is 0.222. The van der Waals surface area contributed by atoms with Crippen molar-refractivity contribution < 1.29 is 18.3 Å². The zero-order chi connectivity index (χ0) is 18.4. The van der Waals surface area contributed by atoms with Crippen LogP contribution in [0.4, 0.5) is 18.9 Å². The zero-order valence-electron chi connectivity index (χ0n) is 12.8. The molecule has 0 aliphatic rings. The fraction of sp³-hybridized carbons (Fsp3) is 0.235. The fourth-order valence-corrected chi connectivity index (χ4v) is 3.04. The molecule has 1 atom stereocenters. The number of nitriles is 1. The fourth-order valence-electron chi connectivity index (χ4n) is 1.97. The number of rotatable bonds is 6. The third-order valence-electron chi connectivity index (χ3n) is 3.20. The van der Waals surface area contributed by atoms with E-state index in [-0.39, 0.29) is 12.4 Å². The summed E-state index contributed by atoms with van der Waals surface area (Å²) < 4.78 is 38.5. The largest absolute Gasteiger partial charge is 0.416 e. The monoisotopic (exact) mass is 386 g/mol. The van der Waals surface area contributed by atoms with Crippen LogP contribution in [-0.4, -0.2) is 23.6 Å². The number of aliphatic hydroxyl groups is 1. The molecule has 0 aliphatic heterocycles. The van der Waals surface area contributed by atoms with Crippen LogP contribution < -0.4 is 5.32 Å². The van der Waals surface area contributed by atoms with Crippen LogP contribution in [0.5, 0.6) is 0 Å². The number of alkyl halides is 4. The normalized spacial score (nSPS) is 12.5. The highest BCUT2D eigenvalue weighted by Gasteiger charge is 2.30. The number of nitrogens with one attached hydrogen (secondary N) is 1. The van der Waals surface area contributed by atoms with Crippen molar-refractivity contribution in [2.24, 2.45) is 0 Å². The number of anilines is 1. The lowest BCUT2D eigenvalue weighted by Crippen LogP contribution is -2.21. The molecule has 2 aromatic rings. The van der Waals surface area contributed by atoms with Gasteiger partial charge in [-0.3, -0.25) is 0 Å². The van der Waals surface area contributed by atoms with Gasteiger partial charge in [0.15, 0.2) is 0 Å². The smallest absolute Gasteiger partial charge is 0.390 e. The molecule has 8 heteroatoms. The van der Waals surface area contributed by atoms with Crippen LogP contribution in [0.3, 0.4) is 0 Å². The van der Waals surface area contributed by atoms with Crippen molar-refractivity contribution in [3.63, 3.8) is 0 Å². The van der Waals surface area contributed by atoms with Gasteiger partial charge >= 0.3 is 6.18 Å². The Morgan fingerprint density at radius 1 is 1.24 bits per heavy atom. The van der Waals surface area contributed by atoms with E-state index in [9.17, 15) is 18.3 Å². The second-order valence-electron chi connectivity index (χ2n) is 5.14. The third-order valence-corrected chi connectivity index (χ3v) is 4.63. The molecule has 0 amide bonds. The van der Waals surface area contributed by atoms with E-state index in [0.29, 0.717) is 21.0 Å². The highest BCUT2D eigenvalue weighted by Crippen LogP contribution is 2.37. The average molecular weight is 387 g/mol. The maximum absolute atomic E-state index is 12.8. The summed E-state index contributed by atoms with van der Waals surface area (Å²) in [7, 11) is 0. The van der Waals surface area contributed by atoms with Crippen molar-refractivity contribution in [1.82, 2.24) is 0 Å². The Kier molecular flexibility index (Phi) is 6.59. The first kappa shape index (κ1) is 19.4. The molecule has 0 saturated carbocycles. The minimum Gasteiger partial charge on any atom is -0.390 e. The predicted molar refractivity (Wildman–Crippen MR) is 91.9 cm³/mol. The van der Waals surface area contributed by atoms with Gasteiger partial charge in [-0.05, 0) is 36.4 Å². The van der Waals surface area contributed by atoms with Gasteiger partial charge in [0.05, 0.1) is 29.2 Å². The van der Waals surface area contributed by atoms with Crippen molar-refractivity contribution in [2.45, 2.75) is 22.1 Å². The van der Waals surface area contributed by atoms with Gasteiger partial charge in [-0.25, -0.2) is 0 Å². The van der Waals surface area contributed by atoms with Crippen LogP contribution in [-0.2, 0) is 6.18 Å². The molecule has 0 spiro atoms. The first-order valence-corrected chi connectivity index (χ1v) is 8.55. The summed E-state index contributed by atoms with van der Waals surface area (Å²) >= 11 is 6.69. The van der Waals surface area contributed by atoms with Crippen LogP contribution >= 0.6 is 23.4 Å². The van der Waals surface area contributed by atoms with Crippen LogP contribution in [0.2, 0.25) is 0 Å². The topological polar surface area (TPSA) is 56.0 Å². The summed E-state index contributed by atoms with van der Waals surface area (Å²) in [5, 5.41) is 21.5. The summed E-state index contributed by atoms with van der Waals surface area (Å²) in [5.74, 6) is 0.0427. The van der Waals surface area contributed by atoms with E-state index in [1.54, 1.807) is 24.3 Å². The van der Waals surface area contributed by atoms with E-state index in [1.807, 2.05) is 6.07 Å². The molecule has 0 bridgehead atoms. The highest BCUT2D eigenvalue weighted by atomic mass is 35.5. The number of benzene rings is 2. The zero-order valence-corrected chi connectivity index (χ0v) is 14.4. The molecular formula is C17H14ClF3N2OS. The van der Waals surface area contributed by atoms with E-state index in [1.165, 1.54) is 6.07 Å². The standard InChI is InChI=1S/C17H14ClF3N2OS/c18-8-13(24)10-23-15-6-11(9-22)4-5-16(15)25-14-3-1-2-12(7-14)17(19,20)21/h1-7,13,23-24H,8,10H2. The third kappa shape index (κ3) is 5.56. The maximum atomic E-state index is 12.8. The molecular weight excluding hydrogens is 373 g/mol. The lowest BCUT2D eigenvalue weighted by molar-refractivity contribution is -0.137. The SMILES string of the molecule is N#Cc1ccc(Sc2cccc(C(F)(F)F)c2)c(NCC(O)CCl)c1. The van der Waals surface area contributed by atoms with Gasteiger partial charge in [-0.15, -0.1) is 11.6 Å². The first-order valence-electron chi connectivity index (χ1n) is 7.20. The second kappa shape index (κ2) is 8.48. The van der Waals surface area contributed by atoms with Gasteiger partial charge in [-0.2, -0.15) is 18.4 Å². The second-order valence-corrected chi connectivity index (χ2v) is 6.56. The van der Waals surface area contributed by atoms with Gasteiger partial charge in [0, 0.05) is 22.0 Å². The quantitative estimate of drug-likeness (QED) is 0.704. The Balaban J connectivity index is 2.28. The summed E-state index contributed by atoms with van der Waals surface area (Å²) in [4.78, 5) is 1.06. The van der Waals surface area contributed by atoms with Crippen molar-refractivity contribution in [2.75, 3.05) is 17.7 Å². The lowest BCUT2D eigenvalue weighted by atomic mass is 10.2. The number of nitrogens with zero attached hydrogens (tertiary/aromatic N) is 1. The van der Waals surface area contributed by atoms with Crippen LogP contribution in [0.25, 0.3) is 0 Å². The minimum absolute atomic E-state index is 0.0427. The van der Waals surface area contributed by atoms with E-state index >= 15 is 0 Å². The average Bonchev–Trinajstić information content (AvgIpc) is 2.60. The Morgan fingerprint density at radius 2 is 2.00 bits per heavy atom. The molecule has 0 fully saturated rings. The molecule has 3 nitrogen and oxygen atoms in total. The number of halogens is 4. The summed E-state index contributed by atoms with van der Waals surface area (Å²) in [6, 6.07) is 11.8. The van der Waals surface area contributed by atoms with Gasteiger partial charge in [0.25, 0.3) is 0 Å². The van der Waals surface area contributed by atoms with E-state index in [0.717, 1.165) is 23.9 Å². The van der Waals surface area contributed by atoms with E-state index < -0.39 is 17.8 Å². The maximum Gasteiger partial charge on any atom is 0.416 e. The van der Waals surface area contributed by atoms with Gasteiger partial charge < -0.3 is 10.4 Å². The molecule has 1 unspecified atom stereocenters. The number of hydrogen-bond donors (Lipinski definition) is 2. The van der Waals surface area contributed by atoms with Gasteiger partial charge in [0.1, 0.15) is 0 Å².